The third-order valence-electron chi connectivity index (χ3n) is 3.87. The van der Waals surface area contributed by atoms with Crippen LogP contribution in [0.5, 0.6) is 5.75 Å². The van der Waals surface area contributed by atoms with Gasteiger partial charge in [-0.1, -0.05) is 23.7 Å². The molecule has 3 aromatic rings. The fourth-order valence-electron chi connectivity index (χ4n) is 2.54. The van der Waals surface area contributed by atoms with E-state index in [1.54, 1.807) is 55.3 Å². The number of thiazole rings is 1. The quantitative estimate of drug-likeness (QED) is 0.574. The van der Waals surface area contributed by atoms with E-state index in [4.69, 9.17) is 16.3 Å². The Bertz CT molecular complexity index is 943. The highest BCUT2D eigenvalue weighted by molar-refractivity contribution is 7.13. The number of hydrogen-bond acceptors (Lipinski definition) is 4. The molecule has 3 rings (SSSR count). The average Bonchev–Trinajstić information content (AvgIpc) is 3.01. The molecule has 7 heteroatoms. The lowest BCUT2D eigenvalue weighted by Crippen LogP contribution is -2.26. The second-order valence-corrected chi connectivity index (χ2v) is 7.58. The minimum atomic E-state index is -0.316. The molecule has 27 heavy (non-hydrogen) atoms. The number of aryl methyl sites for hydroxylation is 1. The molecule has 0 unspecified atom stereocenters. The number of halogens is 2. The van der Waals surface area contributed by atoms with E-state index in [-0.39, 0.29) is 18.3 Å². The smallest absolute Gasteiger partial charge is 0.265 e. The molecule has 0 radical (unpaired) electrons. The number of ether oxygens (including phenoxy) is 1. The monoisotopic (exact) mass is 404 g/mol. The maximum atomic E-state index is 13.3. The Labute approximate surface area is 166 Å². The molecule has 0 aliphatic heterocycles. The van der Waals surface area contributed by atoms with Gasteiger partial charge >= 0.3 is 0 Å². The molecule has 0 aliphatic rings. The second-order valence-electron chi connectivity index (χ2n) is 6.06. The van der Waals surface area contributed by atoms with Crippen LogP contribution in [0, 0.1) is 12.7 Å². The zero-order chi connectivity index (χ0) is 19.4. The lowest BCUT2D eigenvalue weighted by atomic mass is 10.2. The fourth-order valence-corrected chi connectivity index (χ4v) is 3.64. The molecule has 1 amide bonds. The fraction of sp³-hybridized carbons (Fsp3) is 0.200. The minimum absolute atomic E-state index is 0.146. The third-order valence-corrected chi connectivity index (χ3v) is 5.24. The molecule has 0 aliphatic carbocycles. The largest absolute Gasteiger partial charge is 0.486 e. The predicted octanol–water partition coefficient (Wildman–Crippen LogP) is 5.10. The summed E-state index contributed by atoms with van der Waals surface area (Å²) in [6, 6.07) is 13.3. The molecule has 0 N–H and O–H groups in total. The summed E-state index contributed by atoms with van der Waals surface area (Å²) in [6.07, 6.45) is 0. The Morgan fingerprint density at radius 3 is 2.70 bits per heavy atom. The standard InChI is InChI=1S/C20H18ClFN2O2S/c1-13-19(20(25)24(2)11-14-4-3-5-16(22)10-14)27-18(23-13)12-26-17-8-6-15(21)7-9-17/h3-10H,11-12H2,1-2H3. The number of aromatic nitrogens is 1. The Morgan fingerprint density at radius 2 is 2.00 bits per heavy atom. The van der Waals surface area contributed by atoms with Gasteiger partial charge in [0.25, 0.3) is 5.91 Å². The molecule has 1 heterocycles. The van der Waals surface area contributed by atoms with E-state index in [1.165, 1.54) is 23.5 Å². The van der Waals surface area contributed by atoms with Gasteiger partial charge in [-0.15, -0.1) is 11.3 Å². The molecule has 140 valence electrons. The van der Waals surface area contributed by atoms with Crippen LogP contribution < -0.4 is 4.74 Å². The highest BCUT2D eigenvalue weighted by Gasteiger charge is 2.19. The second kappa shape index (κ2) is 8.50. The van der Waals surface area contributed by atoms with E-state index in [9.17, 15) is 9.18 Å². The van der Waals surface area contributed by atoms with Crippen molar-refractivity contribution in [3.8, 4) is 5.75 Å². The van der Waals surface area contributed by atoms with Crippen molar-refractivity contribution in [1.82, 2.24) is 9.88 Å². The minimum Gasteiger partial charge on any atom is -0.486 e. The van der Waals surface area contributed by atoms with E-state index in [1.807, 2.05) is 0 Å². The maximum Gasteiger partial charge on any atom is 0.265 e. The van der Waals surface area contributed by atoms with Gasteiger partial charge in [-0.25, -0.2) is 9.37 Å². The molecule has 0 fully saturated rings. The molecule has 0 saturated heterocycles. The van der Waals surface area contributed by atoms with Crippen LogP contribution >= 0.6 is 22.9 Å². The molecule has 1 aromatic heterocycles. The summed E-state index contributed by atoms with van der Waals surface area (Å²) in [4.78, 5) is 19.3. The van der Waals surface area contributed by atoms with Gasteiger partial charge in [0.05, 0.1) is 5.69 Å². The van der Waals surface area contributed by atoms with Crippen LogP contribution in [0.3, 0.4) is 0 Å². The third kappa shape index (κ3) is 5.05. The number of rotatable bonds is 6. The number of benzene rings is 2. The number of carbonyl (C=O) groups is 1. The summed E-state index contributed by atoms with van der Waals surface area (Å²) in [5, 5.41) is 1.35. The van der Waals surface area contributed by atoms with E-state index in [0.717, 1.165) is 5.56 Å². The Kier molecular flexibility index (Phi) is 6.08. The van der Waals surface area contributed by atoms with Crippen LogP contribution in [-0.4, -0.2) is 22.8 Å². The van der Waals surface area contributed by atoms with Crippen LogP contribution in [0.1, 0.15) is 25.9 Å². The van der Waals surface area contributed by atoms with Gasteiger partial charge in [0.15, 0.2) is 0 Å². The van der Waals surface area contributed by atoms with E-state index in [0.29, 0.717) is 32.9 Å². The van der Waals surface area contributed by atoms with Crippen LogP contribution in [-0.2, 0) is 13.2 Å². The molecule has 0 atom stereocenters. The van der Waals surface area contributed by atoms with E-state index < -0.39 is 0 Å². The molecular formula is C20H18ClFN2O2S. The van der Waals surface area contributed by atoms with Crippen molar-refractivity contribution >= 4 is 28.8 Å². The Balaban J connectivity index is 1.65. The molecule has 0 bridgehead atoms. The molecule has 2 aromatic carbocycles. The van der Waals surface area contributed by atoms with Crippen LogP contribution in [0.25, 0.3) is 0 Å². The summed E-state index contributed by atoms with van der Waals surface area (Å²) in [6.45, 7) is 2.39. The molecule has 4 nitrogen and oxygen atoms in total. The van der Waals surface area contributed by atoms with Crippen molar-refractivity contribution in [1.29, 1.82) is 0 Å². The number of carbonyl (C=O) groups excluding carboxylic acids is 1. The Morgan fingerprint density at radius 1 is 1.26 bits per heavy atom. The predicted molar refractivity (Wildman–Crippen MR) is 105 cm³/mol. The van der Waals surface area contributed by atoms with Crippen LogP contribution in [0.15, 0.2) is 48.5 Å². The molecule has 0 saturated carbocycles. The first-order chi connectivity index (χ1) is 12.9. The summed E-state index contributed by atoms with van der Waals surface area (Å²) in [5.74, 6) is 0.222. The average molecular weight is 405 g/mol. The van der Waals surface area contributed by atoms with E-state index in [2.05, 4.69) is 4.98 Å². The van der Waals surface area contributed by atoms with Gasteiger partial charge in [0, 0.05) is 18.6 Å². The van der Waals surface area contributed by atoms with Crippen molar-refractivity contribution in [2.75, 3.05) is 7.05 Å². The lowest BCUT2D eigenvalue weighted by molar-refractivity contribution is 0.0789. The maximum absolute atomic E-state index is 13.3. The van der Waals surface area contributed by atoms with Gasteiger partial charge in [-0.3, -0.25) is 4.79 Å². The number of hydrogen-bond donors (Lipinski definition) is 0. The van der Waals surface area contributed by atoms with Crippen LogP contribution in [0.4, 0.5) is 4.39 Å². The number of amides is 1. The van der Waals surface area contributed by atoms with Gasteiger partial charge in [0.2, 0.25) is 0 Å². The molecule has 0 spiro atoms. The van der Waals surface area contributed by atoms with Crippen molar-refractivity contribution in [2.45, 2.75) is 20.1 Å². The van der Waals surface area contributed by atoms with E-state index >= 15 is 0 Å². The zero-order valence-corrected chi connectivity index (χ0v) is 16.5. The summed E-state index contributed by atoms with van der Waals surface area (Å²) in [7, 11) is 1.69. The van der Waals surface area contributed by atoms with Crippen molar-refractivity contribution in [3.05, 3.63) is 80.5 Å². The highest BCUT2D eigenvalue weighted by atomic mass is 35.5. The zero-order valence-electron chi connectivity index (χ0n) is 14.9. The summed E-state index contributed by atoms with van der Waals surface area (Å²) >= 11 is 7.16. The highest BCUT2D eigenvalue weighted by Crippen LogP contribution is 2.23. The van der Waals surface area contributed by atoms with Gasteiger partial charge in [0.1, 0.15) is 28.1 Å². The van der Waals surface area contributed by atoms with Crippen LogP contribution in [0.2, 0.25) is 5.02 Å². The normalized spacial score (nSPS) is 10.7. The summed E-state index contributed by atoms with van der Waals surface area (Å²) in [5.41, 5.74) is 1.39. The van der Waals surface area contributed by atoms with Crippen molar-refractivity contribution in [3.63, 3.8) is 0 Å². The van der Waals surface area contributed by atoms with Gasteiger partial charge in [-0.05, 0) is 48.9 Å². The number of nitrogens with zero attached hydrogens (tertiary/aromatic N) is 2. The lowest BCUT2D eigenvalue weighted by Gasteiger charge is -2.16. The first kappa shape index (κ1) is 19.3. The summed E-state index contributed by atoms with van der Waals surface area (Å²) < 4.78 is 19.0. The van der Waals surface area contributed by atoms with Gasteiger partial charge < -0.3 is 9.64 Å². The molecular weight excluding hydrogens is 387 g/mol. The SMILES string of the molecule is Cc1nc(COc2ccc(Cl)cc2)sc1C(=O)N(C)Cc1cccc(F)c1. The topological polar surface area (TPSA) is 42.4 Å². The Hall–Kier alpha value is -2.44. The first-order valence-electron chi connectivity index (χ1n) is 8.27. The van der Waals surface area contributed by atoms with Crippen molar-refractivity contribution in [2.24, 2.45) is 0 Å². The van der Waals surface area contributed by atoms with Gasteiger partial charge in [-0.2, -0.15) is 0 Å². The van der Waals surface area contributed by atoms with Crippen molar-refractivity contribution < 1.29 is 13.9 Å². The first-order valence-corrected chi connectivity index (χ1v) is 9.46.